The van der Waals surface area contributed by atoms with Gasteiger partial charge in [-0.1, -0.05) is 6.07 Å². The van der Waals surface area contributed by atoms with Gasteiger partial charge in [-0.2, -0.15) is 5.10 Å². The predicted molar refractivity (Wildman–Crippen MR) is 69.1 cm³/mol. The van der Waals surface area contributed by atoms with Crippen LogP contribution in [0.2, 0.25) is 0 Å². The molecular formula is C13H14N4O3. The molecule has 0 fully saturated rings. The summed E-state index contributed by atoms with van der Waals surface area (Å²) < 4.78 is 10.5. The van der Waals surface area contributed by atoms with Gasteiger partial charge in [0.1, 0.15) is 12.2 Å². The largest absolute Gasteiger partial charge is 0.454 e. The average Bonchev–Trinajstić information content (AvgIpc) is 3.13. The number of rotatable bonds is 5. The first-order chi connectivity index (χ1) is 9.81. The highest BCUT2D eigenvalue weighted by atomic mass is 16.7. The van der Waals surface area contributed by atoms with Gasteiger partial charge >= 0.3 is 0 Å². The number of carbonyl (C=O) groups is 1. The molecule has 104 valence electrons. The Morgan fingerprint density at radius 2 is 2.25 bits per heavy atom. The van der Waals surface area contributed by atoms with Crippen molar-refractivity contribution in [3.05, 3.63) is 35.9 Å². The molecule has 0 spiro atoms. The fraction of sp³-hybridized carbons (Fsp3) is 0.308. The molecule has 7 nitrogen and oxygen atoms in total. The van der Waals surface area contributed by atoms with Gasteiger partial charge < -0.3 is 14.8 Å². The van der Waals surface area contributed by atoms with Crippen LogP contribution in [0, 0.1) is 0 Å². The lowest BCUT2D eigenvalue weighted by Crippen LogP contribution is -2.23. The van der Waals surface area contributed by atoms with Crippen LogP contribution in [0.25, 0.3) is 0 Å². The Hall–Kier alpha value is -2.57. The summed E-state index contributed by atoms with van der Waals surface area (Å²) in [5.41, 5.74) is 0.974. The van der Waals surface area contributed by atoms with Gasteiger partial charge in [0.05, 0.1) is 0 Å². The number of hydrogen-bond acceptors (Lipinski definition) is 5. The number of nitrogens with zero attached hydrogens (tertiary/aromatic N) is 2. The first-order valence-electron chi connectivity index (χ1n) is 6.31. The minimum atomic E-state index is -0.0286. The van der Waals surface area contributed by atoms with Crippen molar-refractivity contribution in [2.45, 2.75) is 19.4 Å². The molecule has 0 unspecified atom stereocenters. The number of aromatic nitrogens is 3. The molecule has 1 aliphatic rings. The van der Waals surface area contributed by atoms with Gasteiger partial charge in [-0.05, 0) is 17.7 Å². The molecule has 2 heterocycles. The third kappa shape index (κ3) is 2.87. The smallest absolute Gasteiger partial charge is 0.231 e. The van der Waals surface area contributed by atoms with E-state index in [0.29, 0.717) is 25.2 Å². The van der Waals surface area contributed by atoms with Crippen LogP contribution in [0.5, 0.6) is 11.5 Å². The van der Waals surface area contributed by atoms with Gasteiger partial charge in [0.2, 0.25) is 12.7 Å². The molecule has 0 radical (unpaired) electrons. The highest BCUT2D eigenvalue weighted by Gasteiger charge is 2.13. The highest BCUT2D eigenvalue weighted by molar-refractivity contribution is 5.76. The first kappa shape index (κ1) is 12.5. The average molecular weight is 274 g/mol. The molecular weight excluding hydrogens is 260 g/mol. The summed E-state index contributed by atoms with van der Waals surface area (Å²) in [6, 6.07) is 5.63. The maximum absolute atomic E-state index is 11.7. The number of aryl methyl sites for hydroxylation is 1. The van der Waals surface area contributed by atoms with Crippen molar-refractivity contribution in [1.82, 2.24) is 20.5 Å². The van der Waals surface area contributed by atoms with Crippen molar-refractivity contribution >= 4 is 5.91 Å². The Balaban J connectivity index is 1.48. The number of fused-ring (bicyclic) bond motifs is 1. The van der Waals surface area contributed by atoms with E-state index < -0.39 is 0 Å². The van der Waals surface area contributed by atoms with E-state index in [1.807, 2.05) is 18.2 Å². The highest BCUT2D eigenvalue weighted by Crippen LogP contribution is 2.32. The molecule has 1 aromatic carbocycles. The first-order valence-corrected chi connectivity index (χ1v) is 6.31. The molecule has 1 amide bonds. The van der Waals surface area contributed by atoms with Crippen LogP contribution in [-0.2, 0) is 17.8 Å². The zero-order chi connectivity index (χ0) is 13.8. The number of nitrogens with one attached hydrogen (secondary N) is 2. The van der Waals surface area contributed by atoms with Crippen LogP contribution in [0.1, 0.15) is 17.8 Å². The minimum Gasteiger partial charge on any atom is -0.454 e. The lowest BCUT2D eigenvalue weighted by Gasteiger charge is -2.05. The van der Waals surface area contributed by atoms with Crippen molar-refractivity contribution in [2.24, 2.45) is 0 Å². The van der Waals surface area contributed by atoms with E-state index in [0.717, 1.165) is 17.1 Å². The molecule has 0 aliphatic carbocycles. The van der Waals surface area contributed by atoms with Crippen molar-refractivity contribution in [1.29, 1.82) is 0 Å². The van der Waals surface area contributed by atoms with Gasteiger partial charge in [0.15, 0.2) is 11.5 Å². The number of amides is 1. The topological polar surface area (TPSA) is 89.1 Å². The van der Waals surface area contributed by atoms with Crippen LogP contribution in [0.15, 0.2) is 24.5 Å². The number of H-pyrrole nitrogens is 1. The van der Waals surface area contributed by atoms with Crippen LogP contribution < -0.4 is 14.8 Å². The third-order valence-corrected chi connectivity index (χ3v) is 2.98. The lowest BCUT2D eigenvalue weighted by atomic mass is 10.2. The molecule has 2 N–H and O–H groups in total. The van der Waals surface area contributed by atoms with Gasteiger partial charge in [0, 0.05) is 19.4 Å². The number of benzene rings is 1. The monoisotopic (exact) mass is 274 g/mol. The second kappa shape index (κ2) is 5.60. The molecule has 0 saturated carbocycles. The molecule has 1 aliphatic heterocycles. The van der Waals surface area contributed by atoms with Crippen LogP contribution in [0.3, 0.4) is 0 Å². The van der Waals surface area contributed by atoms with Crippen molar-refractivity contribution < 1.29 is 14.3 Å². The van der Waals surface area contributed by atoms with Crippen molar-refractivity contribution in [3.63, 3.8) is 0 Å². The van der Waals surface area contributed by atoms with E-state index >= 15 is 0 Å². The zero-order valence-corrected chi connectivity index (χ0v) is 10.8. The number of carbonyl (C=O) groups excluding carboxylic acids is 1. The van der Waals surface area contributed by atoms with Gasteiger partial charge in [-0.25, -0.2) is 4.98 Å². The Bertz CT molecular complexity index is 598. The van der Waals surface area contributed by atoms with E-state index in [1.54, 1.807) is 0 Å². The summed E-state index contributed by atoms with van der Waals surface area (Å²) >= 11 is 0. The third-order valence-electron chi connectivity index (χ3n) is 2.98. The molecule has 0 saturated heterocycles. The maximum Gasteiger partial charge on any atom is 0.231 e. The van der Waals surface area contributed by atoms with Crippen LogP contribution in [-0.4, -0.2) is 27.9 Å². The SMILES string of the molecule is O=C(CCc1ncn[nH]1)NCc1ccc2c(c1)OCO2. The predicted octanol–water partition coefficient (Wildman–Crippen LogP) is 0.782. The maximum atomic E-state index is 11.7. The Kier molecular flexibility index (Phi) is 3.49. The summed E-state index contributed by atoms with van der Waals surface area (Å²) in [6.07, 6.45) is 2.35. The van der Waals surface area contributed by atoms with E-state index in [4.69, 9.17) is 9.47 Å². The Morgan fingerprint density at radius 1 is 1.35 bits per heavy atom. The summed E-state index contributed by atoms with van der Waals surface area (Å²) in [4.78, 5) is 15.7. The van der Waals surface area contributed by atoms with E-state index in [2.05, 4.69) is 20.5 Å². The van der Waals surface area contributed by atoms with Crippen LogP contribution in [0.4, 0.5) is 0 Å². The molecule has 3 rings (SSSR count). The second-order valence-corrected chi connectivity index (χ2v) is 4.40. The second-order valence-electron chi connectivity index (χ2n) is 4.40. The fourth-order valence-electron chi connectivity index (χ4n) is 1.92. The fourth-order valence-corrected chi connectivity index (χ4v) is 1.92. The molecule has 0 bridgehead atoms. The summed E-state index contributed by atoms with van der Waals surface area (Å²) in [5.74, 6) is 2.14. The molecule has 0 atom stereocenters. The molecule has 7 heteroatoms. The van der Waals surface area contributed by atoms with Gasteiger partial charge in [-0.3, -0.25) is 9.89 Å². The van der Waals surface area contributed by atoms with Crippen LogP contribution >= 0.6 is 0 Å². The number of ether oxygens (including phenoxy) is 2. The van der Waals surface area contributed by atoms with Crippen molar-refractivity contribution in [3.8, 4) is 11.5 Å². The Labute approximate surface area is 115 Å². The number of hydrogen-bond donors (Lipinski definition) is 2. The quantitative estimate of drug-likeness (QED) is 0.841. The molecule has 20 heavy (non-hydrogen) atoms. The van der Waals surface area contributed by atoms with Gasteiger partial charge in [0.25, 0.3) is 0 Å². The molecule has 1 aromatic heterocycles. The van der Waals surface area contributed by atoms with E-state index in [1.165, 1.54) is 6.33 Å². The van der Waals surface area contributed by atoms with E-state index in [-0.39, 0.29) is 12.7 Å². The number of aromatic amines is 1. The normalized spacial score (nSPS) is 12.4. The van der Waals surface area contributed by atoms with Crippen molar-refractivity contribution in [2.75, 3.05) is 6.79 Å². The summed E-state index contributed by atoms with van der Waals surface area (Å²) in [5, 5.41) is 9.31. The summed E-state index contributed by atoms with van der Waals surface area (Å²) in [6.45, 7) is 0.716. The zero-order valence-electron chi connectivity index (χ0n) is 10.8. The lowest BCUT2D eigenvalue weighted by molar-refractivity contribution is -0.121. The standard InChI is InChI=1S/C13H14N4O3/c18-13(4-3-12-15-7-16-17-12)14-6-9-1-2-10-11(5-9)20-8-19-10/h1-2,5,7H,3-4,6,8H2,(H,14,18)(H,15,16,17). The van der Waals surface area contributed by atoms with Gasteiger partial charge in [-0.15, -0.1) is 0 Å². The van der Waals surface area contributed by atoms with E-state index in [9.17, 15) is 4.79 Å². The summed E-state index contributed by atoms with van der Waals surface area (Å²) in [7, 11) is 0. The Morgan fingerprint density at radius 3 is 3.10 bits per heavy atom. The molecule has 2 aromatic rings. The minimum absolute atomic E-state index is 0.0286.